The third-order valence-corrected chi connectivity index (χ3v) is 4.04. The molecular formula is C14H22N4S. The highest BCUT2D eigenvalue weighted by atomic mass is 32.1. The average molecular weight is 278 g/mol. The maximum Gasteiger partial charge on any atom is 0.0899 e. The van der Waals surface area contributed by atoms with Gasteiger partial charge in [-0.2, -0.15) is 0 Å². The van der Waals surface area contributed by atoms with Crippen LogP contribution in [0.4, 0.5) is 0 Å². The Balaban J connectivity index is 1.85. The second-order valence-corrected chi connectivity index (χ2v) is 5.63. The van der Waals surface area contributed by atoms with Crippen molar-refractivity contribution in [3.8, 4) is 0 Å². The van der Waals surface area contributed by atoms with Gasteiger partial charge in [0.05, 0.1) is 16.7 Å². The molecule has 5 heteroatoms. The third-order valence-electron chi connectivity index (χ3n) is 3.70. The van der Waals surface area contributed by atoms with Crippen molar-refractivity contribution in [2.75, 3.05) is 26.2 Å². The lowest BCUT2D eigenvalue weighted by molar-refractivity contribution is 0.117. The first-order valence-electron chi connectivity index (χ1n) is 6.74. The second-order valence-electron chi connectivity index (χ2n) is 5.16. The Labute approximate surface area is 120 Å². The lowest BCUT2D eigenvalue weighted by Crippen LogP contribution is -2.52. The van der Waals surface area contributed by atoms with Gasteiger partial charge in [-0.05, 0) is 26.0 Å². The van der Waals surface area contributed by atoms with Gasteiger partial charge in [0, 0.05) is 38.4 Å². The van der Waals surface area contributed by atoms with Crippen LogP contribution < -0.4 is 5.73 Å². The smallest absolute Gasteiger partial charge is 0.0899 e. The lowest BCUT2D eigenvalue weighted by Gasteiger charge is -2.37. The van der Waals surface area contributed by atoms with E-state index in [1.807, 2.05) is 13.0 Å². The number of nitrogens with zero attached hydrogens (tertiary/aromatic N) is 3. The van der Waals surface area contributed by atoms with Crippen LogP contribution in [0.2, 0.25) is 0 Å². The molecule has 1 aliphatic heterocycles. The molecule has 19 heavy (non-hydrogen) atoms. The molecule has 104 valence electrons. The quantitative estimate of drug-likeness (QED) is 0.838. The maximum atomic E-state index is 5.71. The normalized spacial score (nSPS) is 19.3. The van der Waals surface area contributed by atoms with Crippen molar-refractivity contribution in [2.45, 2.75) is 26.4 Å². The minimum absolute atomic E-state index is 0.203. The van der Waals surface area contributed by atoms with Crippen molar-refractivity contribution >= 4 is 17.2 Å². The van der Waals surface area contributed by atoms with E-state index in [1.165, 1.54) is 0 Å². The number of rotatable bonds is 4. The molecule has 1 saturated heterocycles. The summed E-state index contributed by atoms with van der Waals surface area (Å²) in [5, 5.41) is 0. The van der Waals surface area contributed by atoms with Crippen LogP contribution in [0.3, 0.4) is 0 Å². The molecule has 0 aliphatic carbocycles. The summed E-state index contributed by atoms with van der Waals surface area (Å²) in [5.74, 6) is 0. The van der Waals surface area contributed by atoms with E-state index in [0.717, 1.165) is 44.1 Å². The Kier molecular flexibility index (Phi) is 4.85. The predicted octanol–water partition coefficient (Wildman–Crippen LogP) is 1.18. The van der Waals surface area contributed by atoms with Crippen LogP contribution in [-0.4, -0.2) is 52.0 Å². The molecule has 1 aromatic rings. The van der Waals surface area contributed by atoms with Crippen LogP contribution in [0.15, 0.2) is 18.2 Å². The third kappa shape index (κ3) is 3.96. The van der Waals surface area contributed by atoms with E-state index in [-0.39, 0.29) is 6.04 Å². The Morgan fingerprint density at radius 3 is 2.63 bits per heavy atom. The Bertz CT molecular complexity index is 441. The van der Waals surface area contributed by atoms with E-state index < -0.39 is 0 Å². The summed E-state index contributed by atoms with van der Waals surface area (Å²) in [5.41, 5.74) is 7.94. The van der Waals surface area contributed by atoms with Gasteiger partial charge in [-0.3, -0.25) is 14.8 Å². The number of aryl methyl sites for hydroxylation is 1. The molecular weight excluding hydrogens is 256 g/mol. The van der Waals surface area contributed by atoms with Gasteiger partial charge in [0.25, 0.3) is 0 Å². The molecule has 1 aliphatic rings. The number of thiocarbonyl (C=S) groups is 1. The molecule has 4 nitrogen and oxygen atoms in total. The number of pyridine rings is 1. The van der Waals surface area contributed by atoms with Crippen molar-refractivity contribution < 1.29 is 0 Å². The number of nitrogens with two attached hydrogens (primary N) is 1. The van der Waals surface area contributed by atoms with Gasteiger partial charge in [-0.1, -0.05) is 18.3 Å². The van der Waals surface area contributed by atoms with Gasteiger partial charge in [0.2, 0.25) is 0 Å². The zero-order valence-corrected chi connectivity index (χ0v) is 12.5. The minimum atomic E-state index is 0.203. The maximum absolute atomic E-state index is 5.71. The highest BCUT2D eigenvalue weighted by molar-refractivity contribution is 7.80. The zero-order valence-electron chi connectivity index (χ0n) is 11.7. The van der Waals surface area contributed by atoms with E-state index in [0.29, 0.717) is 4.99 Å². The molecule has 2 heterocycles. The Morgan fingerprint density at radius 1 is 1.37 bits per heavy atom. The second kappa shape index (κ2) is 6.41. The summed E-state index contributed by atoms with van der Waals surface area (Å²) in [6.07, 6.45) is 0. The van der Waals surface area contributed by atoms with Crippen LogP contribution in [-0.2, 0) is 6.54 Å². The van der Waals surface area contributed by atoms with E-state index in [1.54, 1.807) is 0 Å². The van der Waals surface area contributed by atoms with Gasteiger partial charge >= 0.3 is 0 Å². The molecule has 0 spiro atoms. The summed E-state index contributed by atoms with van der Waals surface area (Å²) in [7, 11) is 0. The molecule has 1 aromatic heterocycles. The molecule has 0 saturated carbocycles. The minimum Gasteiger partial charge on any atom is -0.392 e. The van der Waals surface area contributed by atoms with E-state index in [2.05, 4.69) is 33.8 Å². The summed E-state index contributed by atoms with van der Waals surface area (Å²) in [4.78, 5) is 9.93. The SMILES string of the molecule is Cc1cccc(CN2CCN(C(C)C(N)=S)CC2)n1. The van der Waals surface area contributed by atoms with Gasteiger partial charge in [-0.15, -0.1) is 0 Å². The number of hydrogen-bond acceptors (Lipinski definition) is 4. The highest BCUT2D eigenvalue weighted by Crippen LogP contribution is 2.10. The number of piperazine rings is 1. The molecule has 1 atom stereocenters. The van der Waals surface area contributed by atoms with Crippen molar-refractivity contribution in [2.24, 2.45) is 5.73 Å². The lowest BCUT2D eigenvalue weighted by atomic mass is 10.2. The highest BCUT2D eigenvalue weighted by Gasteiger charge is 2.22. The molecule has 0 radical (unpaired) electrons. The van der Waals surface area contributed by atoms with Crippen LogP contribution >= 0.6 is 12.2 Å². The summed E-state index contributed by atoms with van der Waals surface area (Å²) < 4.78 is 0. The molecule has 1 fully saturated rings. The van der Waals surface area contributed by atoms with Crippen molar-refractivity contribution in [3.05, 3.63) is 29.6 Å². The van der Waals surface area contributed by atoms with E-state index >= 15 is 0 Å². The van der Waals surface area contributed by atoms with Crippen molar-refractivity contribution in [3.63, 3.8) is 0 Å². The van der Waals surface area contributed by atoms with Crippen LogP contribution in [0, 0.1) is 6.92 Å². The van der Waals surface area contributed by atoms with E-state index in [4.69, 9.17) is 18.0 Å². The number of hydrogen-bond donors (Lipinski definition) is 1. The fourth-order valence-corrected chi connectivity index (χ4v) is 2.55. The Morgan fingerprint density at radius 2 is 2.05 bits per heavy atom. The Hall–Kier alpha value is -1.04. The number of aromatic nitrogens is 1. The van der Waals surface area contributed by atoms with Crippen molar-refractivity contribution in [1.82, 2.24) is 14.8 Å². The predicted molar refractivity (Wildman–Crippen MR) is 82.1 cm³/mol. The zero-order chi connectivity index (χ0) is 13.8. The fraction of sp³-hybridized carbons (Fsp3) is 0.571. The standard InChI is InChI=1S/C14H22N4S/c1-11-4-3-5-13(16-11)10-17-6-8-18(9-7-17)12(2)14(15)19/h3-5,12H,6-10H2,1-2H3,(H2,15,19). The van der Waals surface area contributed by atoms with Gasteiger partial charge in [0.1, 0.15) is 0 Å². The largest absolute Gasteiger partial charge is 0.392 e. The molecule has 2 N–H and O–H groups in total. The summed E-state index contributed by atoms with van der Waals surface area (Å²) in [6.45, 7) is 9.17. The van der Waals surface area contributed by atoms with E-state index in [9.17, 15) is 0 Å². The van der Waals surface area contributed by atoms with Crippen LogP contribution in [0.1, 0.15) is 18.3 Å². The first kappa shape index (κ1) is 14.4. The molecule has 1 unspecified atom stereocenters. The van der Waals surface area contributed by atoms with Gasteiger partial charge < -0.3 is 5.73 Å². The molecule has 2 rings (SSSR count). The first-order chi connectivity index (χ1) is 9.06. The molecule has 0 amide bonds. The average Bonchev–Trinajstić information content (AvgIpc) is 2.39. The van der Waals surface area contributed by atoms with Gasteiger partial charge in [0.15, 0.2) is 0 Å². The summed E-state index contributed by atoms with van der Waals surface area (Å²) >= 11 is 5.06. The topological polar surface area (TPSA) is 45.4 Å². The monoisotopic (exact) mass is 278 g/mol. The molecule has 0 bridgehead atoms. The van der Waals surface area contributed by atoms with Crippen molar-refractivity contribution in [1.29, 1.82) is 0 Å². The van der Waals surface area contributed by atoms with Crippen LogP contribution in [0.5, 0.6) is 0 Å². The summed E-state index contributed by atoms with van der Waals surface area (Å²) in [6, 6.07) is 6.40. The molecule has 0 aromatic carbocycles. The van der Waals surface area contributed by atoms with Gasteiger partial charge in [-0.25, -0.2) is 0 Å². The fourth-order valence-electron chi connectivity index (χ4n) is 2.41. The van der Waals surface area contributed by atoms with Crippen LogP contribution in [0.25, 0.3) is 0 Å². The first-order valence-corrected chi connectivity index (χ1v) is 7.15.